The second-order valence-electron chi connectivity index (χ2n) is 4.31. The molecule has 0 unspecified atom stereocenters. The molecule has 1 aliphatic carbocycles. The Hall–Kier alpha value is -0.830. The topological polar surface area (TPSA) is 54.7 Å². The van der Waals surface area contributed by atoms with Gasteiger partial charge in [-0.25, -0.2) is 4.98 Å². The normalized spacial score (nSPS) is 34.8. The van der Waals surface area contributed by atoms with Crippen LogP contribution in [-0.2, 0) is 0 Å². The van der Waals surface area contributed by atoms with Crippen LogP contribution in [0.3, 0.4) is 0 Å². The third-order valence-corrected chi connectivity index (χ3v) is 3.15. The molecule has 0 spiro atoms. The van der Waals surface area contributed by atoms with Gasteiger partial charge in [0.25, 0.3) is 0 Å². The minimum absolute atomic E-state index is 0.0508. The van der Waals surface area contributed by atoms with Crippen molar-refractivity contribution in [1.29, 1.82) is 0 Å². The molecule has 72 valence electrons. The van der Waals surface area contributed by atoms with Gasteiger partial charge in [0.05, 0.1) is 6.33 Å². The van der Waals surface area contributed by atoms with Crippen molar-refractivity contribution >= 4 is 0 Å². The minimum atomic E-state index is -0.0508. The number of rotatable bonds is 1. The first-order chi connectivity index (χ1) is 6.20. The molecule has 1 aliphatic rings. The van der Waals surface area contributed by atoms with E-state index < -0.39 is 0 Å². The number of H-pyrrole nitrogens is 1. The molecule has 0 aromatic carbocycles. The lowest BCUT2D eigenvalue weighted by Crippen LogP contribution is -2.44. The summed E-state index contributed by atoms with van der Waals surface area (Å²) in [7, 11) is 0. The third-order valence-electron chi connectivity index (χ3n) is 3.15. The molecule has 1 aromatic rings. The minimum Gasteiger partial charge on any atom is -0.348 e. The van der Waals surface area contributed by atoms with Gasteiger partial charge in [-0.3, -0.25) is 0 Å². The second-order valence-corrected chi connectivity index (χ2v) is 4.31. The van der Waals surface area contributed by atoms with Crippen LogP contribution in [0.5, 0.6) is 0 Å². The van der Waals surface area contributed by atoms with Gasteiger partial charge in [0.1, 0.15) is 0 Å². The predicted octanol–water partition coefficient (Wildman–Crippen LogP) is 1.78. The molecule has 1 heterocycles. The highest BCUT2D eigenvalue weighted by molar-refractivity contribution is 5.13. The number of aromatic nitrogens is 2. The Morgan fingerprint density at radius 2 is 2.46 bits per heavy atom. The van der Waals surface area contributed by atoms with Crippen molar-refractivity contribution < 1.29 is 0 Å². The summed E-state index contributed by atoms with van der Waals surface area (Å²) in [6.45, 7) is 2.15. The van der Waals surface area contributed by atoms with Gasteiger partial charge in [0.2, 0.25) is 0 Å². The van der Waals surface area contributed by atoms with Crippen molar-refractivity contribution in [1.82, 2.24) is 9.97 Å². The zero-order valence-corrected chi connectivity index (χ0v) is 8.09. The van der Waals surface area contributed by atoms with E-state index >= 15 is 0 Å². The Balaban J connectivity index is 2.21. The van der Waals surface area contributed by atoms with E-state index in [1.54, 1.807) is 6.33 Å². The number of nitrogens with one attached hydrogen (secondary N) is 1. The summed E-state index contributed by atoms with van der Waals surface area (Å²) >= 11 is 0. The first-order valence-corrected chi connectivity index (χ1v) is 4.97. The lowest BCUT2D eigenvalue weighted by atomic mass is 9.73. The highest BCUT2D eigenvalue weighted by Crippen LogP contribution is 2.37. The van der Waals surface area contributed by atoms with Crippen LogP contribution in [0.15, 0.2) is 12.5 Å². The van der Waals surface area contributed by atoms with Gasteiger partial charge in [-0.05, 0) is 19.8 Å². The summed E-state index contributed by atoms with van der Waals surface area (Å²) in [6, 6.07) is 0. The second kappa shape index (κ2) is 3.14. The Kier molecular flexibility index (Phi) is 2.12. The van der Waals surface area contributed by atoms with E-state index in [1.807, 2.05) is 6.20 Å². The van der Waals surface area contributed by atoms with Crippen LogP contribution in [0.1, 0.15) is 44.2 Å². The van der Waals surface area contributed by atoms with Crippen LogP contribution in [0.4, 0.5) is 0 Å². The van der Waals surface area contributed by atoms with Gasteiger partial charge in [0, 0.05) is 23.3 Å². The molecule has 3 heteroatoms. The summed E-state index contributed by atoms with van der Waals surface area (Å²) < 4.78 is 0. The van der Waals surface area contributed by atoms with Gasteiger partial charge in [0.15, 0.2) is 0 Å². The van der Waals surface area contributed by atoms with E-state index in [-0.39, 0.29) is 5.54 Å². The molecule has 0 aliphatic heterocycles. The molecule has 1 saturated carbocycles. The fourth-order valence-corrected chi connectivity index (χ4v) is 2.33. The first-order valence-electron chi connectivity index (χ1n) is 4.97. The lowest BCUT2D eigenvalue weighted by Gasteiger charge is -2.37. The van der Waals surface area contributed by atoms with Crippen LogP contribution in [0, 0.1) is 0 Å². The average molecular weight is 179 g/mol. The molecule has 0 bridgehead atoms. The van der Waals surface area contributed by atoms with Crippen molar-refractivity contribution in [3.05, 3.63) is 18.2 Å². The summed E-state index contributed by atoms with van der Waals surface area (Å²) in [5.74, 6) is 0.462. The largest absolute Gasteiger partial charge is 0.348 e. The standard InChI is InChI=1S/C10H17N3/c1-10(11)5-3-2-4-8(10)9-6-12-7-13-9/h6-8H,2-5,11H2,1H3,(H,12,13)/t8-,10+/m1/s1. The summed E-state index contributed by atoms with van der Waals surface area (Å²) in [6.07, 6.45) is 8.50. The number of aromatic amines is 1. The maximum atomic E-state index is 6.27. The number of nitrogens with zero attached hydrogens (tertiary/aromatic N) is 1. The summed E-state index contributed by atoms with van der Waals surface area (Å²) in [5.41, 5.74) is 7.41. The number of hydrogen-bond acceptors (Lipinski definition) is 2. The third kappa shape index (κ3) is 1.61. The molecule has 0 amide bonds. The average Bonchev–Trinajstić information content (AvgIpc) is 2.55. The van der Waals surface area contributed by atoms with E-state index in [4.69, 9.17) is 5.73 Å². The first kappa shape index (κ1) is 8.75. The molecule has 1 fully saturated rings. The van der Waals surface area contributed by atoms with Crippen molar-refractivity contribution in [2.45, 2.75) is 44.1 Å². The molecule has 2 rings (SSSR count). The van der Waals surface area contributed by atoms with Gasteiger partial charge >= 0.3 is 0 Å². The fourth-order valence-electron chi connectivity index (χ4n) is 2.33. The van der Waals surface area contributed by atoms with Crippen molar-refractivity contribution in [3.8, 4) is 0 Å². The van der Waals surface area contributed by atoms with Gasteiger partial charge in [-0.1, -0.05) is 12.8 Å². The lowest BCUT2D eigenvalue weighted by molar-refractivity contribution is 0.270. The van der Waals surface area contributed by atoms with Crippen molar-refractivity contribution in [3.63, 3.8) is 0 Å². The molecule has 0 saturated heterocycles. The van der Waals surface area contributed by atoms with Crippen LogP contribution in [0.25, 0.3) is 0 Å². The molecule has 0 radical (unpaired) electrons. The highest BCUT2D eigenvalue weighted by Gasteiger charge is 2.34. The van der Waals surface area contributed by atoms with Gasteiger partial charge in [-0.15, -0.1) is 0 Å². The van der Waals surface area contributed by atoms with Gasteiger partial charge < -0.3 is 10.7 Å². The van der Waals surface area contributed by atoms with Crippen molar-refractivity contribution in [2.24, 2.45) is 5.73 Å². The van der Waals surface area contributed by atoms with E-state index in [1.165, 1.54) is 25.0 Å². The van der Waals surface area contributed by atoms with Crippen LogP contribution < -0.4 is 5.73 Å². The Morgan fingerprint density at radius 1 is 1.62 bits per heavy atom. The molecule has 3 N–H and O–H groups in total. The van der Waals surface area contributed by atoms with Crippen molar-refractivity contribution in [2.75, 3.05) is 0 Å². The Labute approximate surface area is 78.7 Å². The molecule has 3 nitrogen and oxygen atoms in total. The highest BCUT2D eigenvalue weighted by atomic mass is 14.9. The number of nitrogens with two attached hydrogens (primary N) is 1. The smallest absolute Gasteiger partial charge is 0.0921 e. The Morgan fingerprint density at radius 3 is 3.08 bits per heavy atom. The molecule has 2 atom stereocenters. The van der Waals surface area contributed by atoms with E-state index in [0.717, 1.165) is 6.42 Å². The van der Waals surface area contributed by atoms with Gasteiger partial charge in [-0.2, -0.15) is 0 Å². The van der Waals surface area contributed by atoms with Crippen LogP contribution in [0.2, 0.25) is 0 Å². The zero-order chi connectivity index (χ0) is 9.31. The van der Waals surface area contributed by atoms with E-state index in [2.05, 4.69) is 16.9 Å². The quantitative estimate of drug-likeness (QED) is 0.690. The maximum absolute atomic E-state index is 6.27. The molecule has 1 aromatic heterocycles. The molecule has 13 heavy (non-hydrogen) atoms. The monoisotopic (exact) mass is 179 g/mol. The summed E-state index contributed by atoms with van der Waals surface area (Å²) in [4.78, 5) is 7.22. The predicted molar refractivity (Wildman–Crippen MR) is 52.4 cm³/mol. The Bertz CT molecular complexity index is 264. The summed E-state index contributed by atoms with van der Waals surface area (Å²) in [5, 5.41) is 0. The van der Waals surface area contributed by atoms with E-state index in [0.29, 0.717) is 5.92 Å². The van der Waals surface area contributed by atoms with Crippen LogP contribution in [-0.4, -0.2) is 15.5 Å². The van der Waals surface area contributed by atoms with E-state index in [9.17, 15) is 0 Å². The maximum Gasteiger partial charge on any atom is 0.0921 e. The number of hydrogen-bond donors (Lipinski definition) is 2. The fraction of sp³-hybridized carbons (Fsp3) is 0.700. The van der Waals surface area contributed by atoms with Crippen LogP contribution >= 0.6 is 0 Å². The SMILES string of the molecule is C[C@]1(N)CCCC[C@@H]1c1cnc[nH]1. The molecular weight excluding hydrogens is 162 g/mol. The number of imidazole rings is 1. The molecular formula is C10H17N3. The zero-order valence-electron chi connectivity index (χ0n) is 8.09.